The molecule has 0 aliphatic rings. The monoisotopic (exact) mass is 248 g/mol. The molecule has 0 fully saturated rings. The molecular weight excluding hydrogens is 220 g/mol. The lowest BCUT2D eigenvalue weighted by Gasteiger charge is -2.21. The molecule has 1 aromatic carbocycles. The topological polar surface area (TPSA) is 29.3 Å². The van der Waals surface area contributed by atoms with Gasteiger partial charge in [-0.15, -0.1) is 0 Å². The predicted molar refractivity (Wildman–Crippen MR) is 79.8 cm³/mol. The van der Waals surface area contributed by atoms with Gasteiger partial charge in [0.25, 0.3) is 0 Å². The van der Waals surface area contributed by atoms with Crippen molar-refractivity contribution in [3.63, 3.8) is 0 Å². The quantitative estimate of drug-likeness (QED) is 0.838. The smallest absolute Gasteiger partial charge is 0.0235 e. The Kier molecular flexibility index (Phi) is 5.83. The van der Waals surface area contributed by atoms with Crippen LogP contribution in [0, 0.1) is 26.7 Å². The molecule has 0 radical (unpaired) electrons. The number of aryl methyl sites for hydroxylation is 3. The summed E-state index contributed by atoms with van der Waals surface area (Å²) in [5.74, 6) is 0.618. The van der Waals surface area contributed by atoms with E-state index in [-0.39, 0.29) is 0 Å². The summed E-state index contributed by atoms with van der Waals surface area (Å²) in [6.07, 6.45) is 1.18. The first-order valence-corrected chi connectivity index (χ1v) is 6.89. The fourth-order valence-corrected chi connectivity index (χ4v) is 2.37. The molecule has 2 N–H and O–H groups in total. The van der Waals surface area contributed by atoms with E-state index in [1.165, 1.54) is 28.7 Å². The molecule has 1 atom stereocenters. The molecule has 0 saturated heterocycles. The zero-order valence-electron chi connectivity index (χ0n) is 12.6. The molecule has 0 aromatic heterocycles. The van der Waals surface area contributed by atoms with Gasteiger partial charge < -0.3 is 10.6 Å². The zero-order valence-corrected chi connectivity index (χ0v) is 12.6. The molecule has 18 heavy (non-hydrogen) atoms. The van der Waals surface area contributed by atoms with Crippen LogP contribution in [0.25, 0.3) is 0 Å². The maximum absolute atomic E-state index is 5.66. The average molecular weight is 248 g/mol. The minimum Gasteiger partial charge on any atom is -0.330 e. The van der Waals surface area contributed by atoms with Crippen LogP contribution in [0.5, 0.6) is 0 Å². The van der Waals surface area contributed by atoms with Crippen molar-refractivity contribution in [2.75, 3.05) is 20.1 Å². The van der Waals surface area contributed by atoms with E-state index in [4.69, 9.17) is 5.73 Å². The highest BCUT2D eigenvalue weighted by molar-refractivity contribution is 5.37. The molecule has 0 heterocycles. The normalized spacial score (nSPS) is 13.1. The van der Waals surface area contributed by atoms with Crippen LogP contribution in [0.15, 0.2) is 12.1 Å². The van der Waals surface area contributed by atoms with Crippen molar-refractivity contribution >= 4 is 0 Å². The standard InChI is InChI=1S/C16H28N2/c1-12(10-17)6-7-18(5)11-16-14(3)8-13(2)9-15(16)4/h8-9,12H,6-7,10-11,17H2,1-5H3. The summed E-state index contributed by atoms with van der Waals surface area (Å²) in [5.41, 5.74) is 11.3. The second kappa shape index (κ2) is 6.91. The van der Waals surface area contributed by atoms with E-state index >= 15 is 0 Å². The van der Waals surface area contributed by atoms with Crippen molar-refractivity contribution in [1.29, 1.82) is 0 Å². The molecule has 102 valence electrons. The Bertz CT molecular complexity index is 362. The van der Waals surface area contributed by atoms with E-state index in [0.717, 1.165) is 19.6 Å². The molecular formula is C16H28N2. The summed E-state index contributed by atoms with van der Waals surface area (Å²) in [6.45, 7) is 11.8. The Morgan fingerprint density at radius 3 is 2.22 bits per heavy atom. The average Bonchev–Trinajstić information content (AvgIpc) is 2.30. The predicted octanol–water partition coefficient (Wildman–Crippen LogP) is 3.03. The lowest BCUT2D eigenvalue weighted by molar-refractivity contribution is 0.299. The highest BCUT2D eigenvalue weighted by atomic mass is 15.1. The summed E-state index contributed by atoms with van der Waals surface area (Å²) in [6, 6.07) is 4.55. The number of benzene rings is 1. The molecule has 0 saturated carbocycles. The molecule has 1 unspecified atom stereocenters. The van der Waals surface area contributed by atoms with E-state index in [1.54, 1.807) is 0 Å². The first-order valence-electron chi connectivity index (χ1n) is 6.89. The van der Waals surface area contributed by atoms with Crippen LogP contribution in [-0.4, -0.2) is 25.0 Å². The maximum atomic E-state index is 5.66. The number of rotatable bonds is 6. The van der Waals surface area contributed by atoms with Crippen LogP contribution in [0.1, 0.15) is 35.6 Å². The third-order valence-corrected chi connectivity index (χ3v) is 3.67. The number of nitrogens with two attached hydrogens (primary N) is 1. The van der Waals surface area contributed by atoms with E-state index in [1.807, 2.05) is 0 Å². The van der Waals surface area contributed by atoms with Crippen LogP contribution in [0.4, 0.5) is 0 Å². The highest BCUT2D eigenvalue weighted by Crippen LogP contribution is 2.18. The van der Waals surface area contributed by atoms with E-state index in [0.29, 0.717) is 5.92 Å². The van der Waals surface area contributed by atoms with Crippen molar-refractivity contribution in [1.82, 2.24) is 4.90 Å². The third-order valence-electron chi connectivity index (χ3n) is 3.67. The third kappa shape index (κ3) is 4.43. The Hall–Kier alpha value is -0.860. The summed E-state index contributed by atoms with van der Waals surface area (Å²) in [5, 5.41) is 0. The van der Waals surface area contributed by atoms with Gasteiger partial charge in [-0.1, -0.05) is 24.6 Å². The van der Waals surface area contributed by atoms with Gasteiger partial charge in [-0.25, -0.2) is 0 Å². The molecule has 2 heteroatoms. The summed E-state index contributed by atoms with van der Waals surface area (Å²) >= 11 is 0. The molecule has 1 aromatic rings. The van der Waals surface area contributed by atoms with E-state index in [9.17, 15) is 0 Å². The molecule has 0 aliphatic heterocycles. The lowest BCUT2D eigenvalue weighted by Crippen LogP contribution is -2.23. The van der Waals surface area contributed by atoms with Gasteiger partial charge in [0.15, 0.2) is 0 Å². The van der Waals surface area contributed by atoms with Gasteiger partial charge >= 0.3 is 0 Å². The minimum atomic E-state index is 0.618. The van der Waals surface area contributed by atoms with Crippen molar-refractivity contribution in [3.05, 3.63) is 34.4 Å². The number of hydrogen-bond acceptors (Lipinski definition) is 2. The molecule has 0 bridgehead atoms. The van der Waals surface area contributed by atoms with E-state index in [2.05, 4.69) is 51.8 Å². The second-order valence-corrected chi connectivity index (χ2v) is 5.74. The number of hydrogen-bond donors (Lipinski definition) is 1. The Morgan fingerprint density at radius 1 is 1.17 bits per heavy atom. The fraction of sp³-hybridized carbons (Fsp3) is 0.625. The molecule has 0 amide bonds. The number of nitrogens with zero attached hydrogens (tertiary/aromatic N) is 1. The van der Waals surface area contributed by atoms with Gasteiger partial charge in [-0.3, -0.25) is 0 Å². The lowest BCUT2D eigenvalue weighted by atomic mass is 9.99. The van der Waals surface area contributed by atoms with Crippen LogP contribution < -0.4 is 5.73 Å². The van der Waals surface area contributed by atoms with Crippen LogP contribution in [0.3, 0.4) is 0 Å². The van der Waals surface area contributed by atoms with Gasteiger partial charge in [0, 0.05) is 6.54 Å². The largest absolute Gasteiger partial charge is 0.330 e. The fourth-order valence-electron chi connectivity index (χ4n) is 2.37. The van der Waals surface area contributed by atoms with Crippen LogP contribution >= 0.6 is 0 Å². The van der Waals surface area contributed by atoms with Gasteiger partial charge in [0.1, 0.15) is 0 Å². The Labute approximate surface area is 112 Å². The zero-order chi connectivity index (χ0) is 13.7. The van der Waals surface area contributed by atoms with Crippen LogP contribution in [0.2, 0.25) is 0 Å². The van der Waals surface area contributed by atoms with Crippen molar-refractivity contribution < 1.29 is 0 Å². The first-order chi connectivity index (χ1) is 8.43. The summed E-state index contributed by atoms with van der Waals surface area (Å²) < 4.78 is 0. The van der Waals surface area contributed by atoms with Crippen molar-refractivity contribution in [2.24, 2.45) is 11.7 Å². The Morgan fingerprint density at radius 2 is 1.72 bits per heavy atom. The Balaban J connectivity index is 2.62. The van der Waals surface area contributed by atoms with Gasteiger partial charge in [-0.05, 0) is 69.9 Å². The molecule has 0 spiro atoms. The van der Waals surface area contributed by atoms with Gasteiger partial charge in [0.05, 0.1) is 0 Å². The second-order valence-electron chi connectivity index (χ2n) is 5.74. The van der Waals surface area contributed by atoms with Crippen molar-refractivity contribution in [3.8, 4) is 0 Å². The first kappa shape index (κ1) is 15.2. The summed E-state index contributed by atoms with van der Waals surface area (Å²) in [4.78, 5) is 2.40. The van der Waals surface area contributed by atoms with Crippen molar-refractivity contribution in [2.45, 2.75) is 40.7 Å². The maximum Gasteiger partial charge on any atom is 0.0235 e. The molecule has 0 aliphatic carbocycles. The summed E-state index contributed by atoms with van der Waals surface area (Å²) in [7, 11) is 2.20. The van der Waals surface area contributed by atoms with E-state index < -0.39 is 0 Å². The van der Waals surface area contributed by atoms with Crippen LogP contribution in [-0.2, 0) is 6.54 Å². The molecule has 2 nitrogen and oxygen atoms in total. The molecule has 1 rings (SSSR count). The SMILES string of the molecule is Cc1cc(C)c(CN(C)CCC(C)CN)c(C)c1. The minimum absolute atomic E-state index is 0.618. The van der Waals surface area contributed by atoms with Gasteiger partial charge in [-0.2, -0.15) is 0 Å². The highest BCUT2D eigenvalue weighted by Gasteiger charge is 2.08. The van der Waals surface area contributed by atoms with Gasteiger partial charge in [0.2, 0.25) is 0 Å².